The summed E-state index contributed by atoms with van der Waals surface area (Å²) >= 11 is 0. The molecule has 1 aliphatic heterocycles. The topological polar surface area (TPSA) is 108 Å². The number of halogens is 2. The van der Waals surface area contributed by atoms with Gasteiger partial charge < -0.3 is 25.6 Å². The van der Waals surface area contributed by atoms with Crippen LogP contribution >= 0.6 is 0 Å². The van der Waals surface area contributed by atoms with Crippen LogP contribution in [0.2, 0.25) is 0 Å². The Kier molecular flexibility index (Phi) is 6.76. The lowest BCUT2D eigenvalue weighted by Crippen LogP contribution is -2.52. The Balaban J connectivity index is 1.47. The second kappa shape index (κ2) is 9.29. The molecule has 7 nitrogen and oxygen atoms in total. The molecule has 4 N–H and O–H groups in total. The number of carbonyl (C=O) groups is 2. The summed E-state index contributed by atoms with van der Waals surface area (Å²) in [6.45, 7) is -0.323. The number of carbonyl (C=O) groups excluding carboxylic acids is 2. The summed E-state index contributed by atoms with van der Waals surface area (Å²) in [5.74, 6) is -3.17. The molecule has 2 aromatic carbocycles. The first-order chi connectivity index (χ1) is 14.3. The van der Waals surface area contributed by atoms with Gasteiger partial charge in [-0.1, -0.05) is 18.2 Å². The number of amides is 2. The van der Waals surface area contributed by atoms with E-state index in [1.54, 1.807) is 30.3 Å². The highest BCUT2D eigenvalue weighted by molar-refractivity contribution is 5.94. The van der Waals surface area contributed by atoms with Crippen molar-refractivity contribution in [3.63, 3.8) is 0 Å². The van der Waals surface area contributed by atoms with Crippen molar-refractivity contribution in [2.45, 2.75) is 24.2 Å². The van der Waals surface area contributed by atoms with Gasteiger partial charge in [-0.05, 0) is 36.8 Å². The Morgan fingerprint density at radius 2 is 1.73 bits per heavy atom. The number of nitrogens with one attached hydrogen (secondary N) is 2. The maximum Gasteiger partial charge on any atom is 0.251 e. The molecule has 0 spiro atoms. The van der Waals surface area contributed by atoms with Gasteiger partial charge in [0.25, 0.3) is 11.8 Å². The van der Waals surface area contributed by atoms with Gasteiger partial charge in [0.15, 0.2) is 11.6 Å². The number of benzene rings is 2. The van der Waals surface area contributed by atoms with Crippen LogP contribution in [-0.4, -0.2) is 59.5 Å². The summed E-state index contributed by atoms with van der Waals surface area (Å²) in [5, 5.41) is 26.1. The maximum atomic E-state index is 13.2. The quantitative estimate of drug-likeness (QED) is 0.535. The molecule has 1 heterocycles. The zero-order valence-corrected chi connectivity index (χ0v) is 16.0. The summed E-state index contributed by atoms with van der Waals surface area (Å²) in [7, 11) is 0. The molecule has 160 valence electrons. The molecule has 30 heavy (non-hydrogen) atoms. The van der Waals surface area contributed by atoms with Crippen LogP contribution in [0.25, 0.3) is 0 Å². The van der Waals surface area contributed by atoms with Crippen molar-refractivity contribution in [3.05, 3.63) is 71.3 Å². The van der Waals surface area contributed by atoms with E-state index >= 15 is 0 Å². The Morgan fingerprint density at radius 3 is 2.43 bits per heavy atom. The fraction of sp³-hybridized carbons (Fsp3) is 0.333. The molecular formula is C21H22F2N2O5. The van der Waals surface area contributed by atoms with Gasteiger partial charge in [0.1, 0.15) is 11.7 Å². The predicted octanol–water partition coefficient (Wildman–Crippen LogP) is 1.01. The Hall–Kier alpha value is -2.88. The zero-order valence-electron chi connectivity index (χ0n) is 16.0. The first-order valence-electron chi connectivity index (χ1n) is 9.39. The third-order valence-corrected chi connectivity index (χ3v) is 4.94. The molecule has 0 bridgehead atoms. The fourth-order valence-corrected chi connectivity index (χ4v) is 3.16. The van der Waals surface area contributed by atoms with Crippen molar-refractivity contribution in [2.75, 3.05) is 19.7 Å². The summed E-state index contributed by atoms with van der Waals surface area (Å²) in [6, 6.07) is 11.2. The van der Waals surface area contributed by atoms with Crippen LogP contribution in [0.1, 0.15) is 27.1 Å². The highest BCUT2D eigenvalue weighted by Crippen LogP contribution is 2.26. The number of rotatable bonds is 7. The van der Waals surface area contributed by atoms with E-state index in [2.05, 4.69) is 10.6 Å². The maximum absolute atomic E-state index is 13.2. The van der Waals surface area contributed by atoms with Gasteiger partial charge in [-0.3, -0.25) is 9.59 Å². The number of aliphatic hydroxyl groups excluding tert-OH is 1. The standard InChI is InChI=1S/C21H22F2N2O5/c22-15-7-6-14(10-16(15)23)20(28)24-9-8-17-18(26)21(29,12-30-17)11-25-19(27)13-4-2-1-3-5-13/h1-7,10,17-18,26,29H,8-9,11-12H2,(H,24,28)(H,25,27)/t17-,18-,21+/m1/s1. The molecule has 3 atom stereocenters. The molecule has 0 saturated carbocycles. The number of ether oxygens (including phenoxy) is 1. The molecule has 0 aliphatic carbocycles. The molecule has 2 aromatic rings. The second-order valence-corrected chi connectivity index (χ2v) is 7.12. The summed E-state index contributed by atoms with van der Waals surface area (Å²) in [4.78, 5) is 24.1. The van der Waals surface area contributed by atoms with Crippen molar-refractivity contribution in [1.82, 2.24) is 10.6 Å². The Bertz CT molecular complexity index is 912. The minimum absolute atomic E-state index is 0.0399. The van der Waals surface area contributed by atoms with Crippen LogP contribution in [0, 0.1) is 11.6 Å². The molecule has 2 amide bonds. The van der Waals surface area contributed by atoms with E-state index < -0.39 is 41.3 Å². The van der Waals surface area contributed by atoms with Gasteiger partial charge in [-0.2, -0.15) is 0 Å². The van der Waals surface area contributed by atoms with Crippen molar-refractivity contribution >= 4 is 11.8 Å². The normalized spacial score (nSPS) is 23.2. The minimum atomic E-state index is -1.67. The second-order valence-electron chi connectivity index (χ2n) is 7.12. The molecule has 9 heteroatoms. The minimum Gasteiger partial charge on any atom is -0.387 e. The van der Waals surface area contributed by atoms with Crippen molar-refractivity contribution in [2.24, 2.45) is 0 Å². The van der Waals surface area contributed by atoms with E-state index in [4.69, 9.17) is 4.74 Å². The summed E-state index contributed by atoms with van der Waals surface area (Å²) in [6.07, 6.45) is -1.88. The van der Waals surface area contributed by atoms with Gasteiger partial charge >= 0.3 is 0 Å². The molecule has 0 aromatic heterocycles. The predicted molar refractivity (Wildman–Crippen MR) is 103 cm³/mol. The molecular weight excluding hydrogens is 398 g/mol. The van der Waals surface area contributed by atoms with Crippen molar-refractivity contribution < 1.29 is 33.3 Å². The van der Waals surface area contributed by atoms with Gasteiger partial charge in [0.2, 0.25) is 0 Å². The largest absolute Gasteiger partial charge is 0.387 e. The highest BCUT2D eigenvalue weighted by Gasteiger charge is 2.47. The first-order valence-corrected chi connectivity index (χ1v) is 9.39. The third kappa shape index (κ3) is 4.99. The monoisotopic (exact) mass is 420 g/mol. The third-order valence-electron chi connectivity index (χ3n) is 4.94. The van der Waals surface area contributed by atoms with E-state index in [-0.39, 0.29) is 31.7 Å². The van der Waals surface area contributed by atoms with Gasteiger partial charge in [0, 0.05) is 17.7 Å². The Morgan fingerprint density at radius 1 is 1.03 bits per heavy atom. The molecule has 0 unspecified atom stereocenters. The Labute approximate surface area is 171 Å². The van der Waals surface area contributed by atoms with E-state index in [1.165, 1.54) is 0 Å². The van der Waals surface area contributed by atoms with E-state index in [0.717, 1.165) is 18.2 Å². The SMILES string of the molecule is O=C(NCC[C@H]1OC[C@@](O)(CNC(=O)c2ccccc2)[C@@H]1O)c1ccc(F)c(F)c1. The van der Waals surface area contributed by atoms with Crippen LogP contribution in [-0.2, 0) is 4.74 Å². The first kappa shape index (κ1) is 21.8. The molecule has 1 aliphatic rings. The lowest BCUT2D eigenvalue weighted by molar-refractivity contribution is -0.0474. The van der Waals surface area contributed by atoms with Crippen LogP contribution in [0.4, 0.5) is 8.78 Å². The van der Waals surface area contributed by atoms with Gasteiger partial charge in [-0.25, -0.2) is 8.78 Å². The molecule has 0 radical (unpaired) electrons. The molecule has 1 saturated heterocycles. The summed E-state index contributed by atoms with van der Waals surface area (Å²) in [5.41, 5.74) is -1.29. The lowest BCUT2D eigenvalue weighted by Gasteiger charge is -2.26. The van der Waals surface area contributed by atoms with E-state index in [0.29, 0.717) is 5.56 Å². The van der Waals surface area contributed by atoms with E-state index in [9.17, 15) is 28.6 Å². The van der Waals surface area contributed by atoms with Crippen LogP contribution < -0.4 is 10.6 Å². The highest BCUT2D eigenvalue weighted by atomic mass is 19.2. The fourth-order valence-electron chi connectivity index (χ4n) is 3.16. The molecule has 3 rings (SSSR count). The number of hydrogen-bond donors (Lipinski definition) is 4. The van der Waals surface area contributed by atoms with Gasteiger partial charge in [-0.15, -0.1) is 0 Å². The van der Waals surface area contributed by atoms with Crippen molar-refractivity contribution in [3.8, 4) is 0 Å². The lowest BCUT2D eigenvalue weighted by atomic mass is 9.95. The van der Waals surface area contributed by atoms with Gasteiger partial charge in [0.05, 0.1) is 19.3 Å². The van der Waals surface area contributed by atoms with Crippen LogP contribution in [0.15, 0.2) is 48.5 Å². The number of hydrogen-bond acceptors (Lipinski definition) is 5. The summed E-state index contributed by atoms with van der Waals surface area (Å²) < 4.78 is 31.6. The average Bonchev–Trinajstić information content (AvgIpc) is 3.03. The van der Waals surface area contributed by atoms with E-state index in [1.807, 2.05) is 0 Å². The smallest absolute Gasteiger partial charge is 0.251 e. The molecule has 1 fully saturated rings. The zero-order chi connectivity index (χ0) is 21.7. The van der Waals surface area contributed by atoms with Crippen molar-refractivity contribution in [1.29, 1.82) is 0 Å². The van der Waals surface area contributed by atoms with Crippen LogP contribution in [0.3, 0.4) is 0 Å². The number of aliphatic hydroxyl groups is 2. The van der Waals surface area contributed by atoms with Crippen LogP contribution in [0.5, 0.6) is 0 Å². The average molecular weight is 420 g/mol.